The summed E-state index contributed by atoms with van der Waals surface area (Å²) in [6, 6.07) is 4.33. The van der Waals surface area contributed by atoms with E-state index in [0.717, 1.165) is 25.2 Å². The normalized spacial score (nSPS) is 19.6. The smallest absolute Gasteiger partial charge is 0.241 e. The SMILES string of the molecule is CC(C)c1nc2n(n1)CCCC2NS(=O)(=O)c1ccc2c(c1)OCCCO2. The Bertz CT molecular complexity index is 939. The third-order valence-electron chi connectivity index (χ3n) is 4.73. The van der Waals surface area contributed by atoms with E-state index in [1.165, 1.54) is 6.07 Å². The molecule has 9 heteroatoms. The number of benzene rings is 1. The van der Waals surface area contributed by atoms with Crippen LogP contribution in [0.15, 0.2) is 23.1 Å². The highest BCUT2D eigenvalue weighted by molar-refractivity contribution is 7.89. The van der Waals surface area contributed by atoms with Gasteiger partial charge in [0, 0.05) is 24.9 Å². The number of nitrogens with zero attached hydrogens (tertiary/aromatic N) is 3. The van der Waals surface area contributed by atoms with E-state index in [1.54, 1.807) is 12.1 Å². The molecule has 0 bridgehead atoms. The first-order valence-corrected chi connectivity index (χ1v) is 10.8. The fourth-order valence-corrected chi connectivity index (χ4v) is 4.53. The number of sulfonamides is 1. The topological polar surface area (TPSA) is 95.3 Å². The average Bonchev–Trinajstić information content (AvgIpc) is 2.94. The molecule has 8 nitrogen and oxygen atoms in total. The molecule has 27 heavy (non-hydrogen) atoms. The quantitative estimate of drug-likeness (QED) is 0.858. The lowest BCUT2D eigenvalue weighted by molar-refractivity contribution is 0.297. The van der Waals surface area contributed by atoms with Crippen LogP contribution in [0.1, 0.15) is 56.7 Å². The maximum atomic E-state index is 13.0. The van der Waals surface area contributed by atoms with E-state index >= 15 is 0 Å². The molecule has 2 aromatic rings. The van der Waals surface area contributed by atoms with Crippen LogP contribution in [-0.4, -0.2) is 36.4 Å². The molecule has 0 amide bonds. The standard InChI is InChI=1S/C18H24N4O4S/c1-12(2)17-19-18-14(5-3-8-22(18)20-17)21-27(23,24)13-6-7-15-16(11-13)26-10-4-9-25-15/h6-7,11-12,14,21H,3-5,8-10H2,1-2H3. The highest BCUT2D eigenvalue weighted by Gasteiger charge is 2.30. The van der Waals surface area contributed by atoms with Crippen molar-refractivity contribution in [1.29, 1.82) is 0 Å². The molecule has 1 atom stereocenters. The van der Waals surface area contributed by atoms with Crippen LogP contribution in [-0.2, 0) is 16.6 Å². The van der Waals surface area contributed by atoms with E-state index in [4.69, 9.17) is 9.47 Å². The van der Waals surface area contributed by atoms with Crippen molar-refractivity contribution >= 4 is 10.0 Å². The molecule has 4 rings (SSSR count). The van der Waals surface area contributed by atoms with Crippen molar-refractivity contribution in [2.24, 2.45) is 0 Å². The molecule has 0 spiro atoms. The highest BCUT2D eigenvalue weighted by atomic mass is 32.2. The van der Waals surface area contributed by atoms with Crippen LogP contribution < -0.4 is 14.2 Å². The number of rotatable bonds is 4. The maximum Gasteiger partial charge on any atom is 0.241 e. The third-order valence-corrected chi connectivity index (χ3v) is 6.20. The van der Waals surface area contributed by atoms with Gasteiger partial charge in [-0.1, -0.05) is 13.8 Å². The van der Waals surface area contributed by atoms with Gasteiger partial charge in [-0.05, 0) is 25.0 Å². The van der Waals surface area contributed by atoms with Gasteiger partial charge in [0.25, 0.3) is 0 Å². The van der Waals surface area contributed by atoms with Crippen molar-refractivity contribution in [1.82, 2.24) is 19.5 Å². The Hall–Kier alpha value is -2.13. The minimum absolute atomic E-state index is 0.160. The number of aromatic nitrogens is 3. The Morgan fingerprint density at radius 3 is 2.74 bits per heavy atom. The van der Waals surface area contributed by atoms with Crippen molar-refractivity contribution in [2.75, 3.05) is 13.2 Å². The van der Waals surface area contributed by atoms with Gasteiger partial charge in [-0.25, -0.2) is 22.8 Å². The summed E-state index contributed by atoms with van der Waals surface area (Å²) in [7, 11) is -3.73. The first-order chi connectivity index (χ1) is 12.9. The second-order valence-electron chi connectivity index (χ2n) is 7.18. The second-order valence-corrected chi connectivity index (χ2v) is 8.90. The minimum atomic E-state index is -3.73. The van der Waals surface area contributed by atoms with Crippen LogP contribution in [0.4, 0.5) is 0 Å². The Morgan fingerprint density at radius 2 is 1.96 bits per heavy atom. The predicted octanol–water partition coefficient (Wildman–Crippen LogP) is 2.38. The second kappa shape index (κ2) is 7.12. The molecule has 1 unspecified atom stereocenters. The molecule has 0 saturated heterocycles. The number of nitrogens with one attached hydrogen (secondary N) is 1. The van der Waals surface area contributed by atoms with Crippen LogP contribution in [0.5, 0.6) is 11.5 Å². The molecular formula is C18H24N4O4S. The summed E-state index contributed by atoms with van der Waals surface area (Å²) in [5.74, 6) is 2.66. The zero-order valence-electron chi connectivity index (χ0n) is 15.5. The zero-order chi connectivity index (χ0) is 19.0. The fraction of sp³-hybridized carbons (Fsp3) is 0.556. The minimum Gasteiger partial charge on any atom is -0.490 e. The Balaban J connectivity index is 1.60. The van der Waals surface area contributed by atoms with Gasteiger partial charge in [0.05, 0.1) is 24.2 Å². The Kier molecular flexibility index (Phi) is 4.81. The summed E-state index contributed by atoms with van der Waals surface area (Å²) in [5.41, 5.74) is 0. The molecule has 1 N–H and O–H groups in total. The van der Waals surface area contributed by atoms with E-state index in [2.05, 4.69) is 14.8 Å². The first kappa shape index (κ1) is 18.2. The molecule has 0 saturated carbocycles. The van der Waals surface area contributed by atoms with Crippen molar-refractivity contribution in [3.05, 3.63) is 29.8 Å². The molecular weight excluding hydrogens is 368 g/mol. The summed E-state index contributed by atoms with van der Waals surface area (Å²) in [4.78, 5) is 4.73. The van der Waals surface area contributed by atoms with Gasteiger partial charge in [-0.3, -0.25) is 0 Å². The van der Waals surface area contributed by atoms with Crippen molar-refractivity contribution in [3.63, 3.8) is 0 Å². The molecule has 146 valence electrons. The van der Waals surface area contributed by atoms with Crippen LogP contribution >= 0.6 is 0 Å². The molecule has 0 radical (unpaired) electrons. The summed E-state index contributed by atoms with van der Waals surface area (Å²) in [6.45, 7) is 5.88. The van der Waals surface area contributed by atoms with Gasteiger partial charge in [0.2, 0.25) is 10.0 Å². The third kappa shape index (κ3) is 3.66. The number of aryl methyl sites for hydroxylation is 1. The van der Waals surface area contributed by atoms with Gasteiger partial charge in [-0.15, -0.1) is 0 Å². The van der Waals surface area contributed by atoms with Crippen LogP contribution in [0.3, 0.4) is 0 Å². The summed E-state index contributed by atoms with van der Waals surface area (Å²) >= 11 is 0. The zero-order valence-corrected chi connectivity index (χ0v) is 16.3. The van der Waals surface area contributed by atoms with Gasteiger partial charge < -0.3 is 9.47 Å². The van der Waals surface area contributed by atoms with Gasteiger partial charge >= 0.3 is 0 Å². The maximum absolute atomic E-state index is 13.0. The van der Waals surface area contributed by atoms with Crippen LogP contribution in [0.2, 0.25) is 0 Å². The summed E-state index contributed by atoms with van der Waals surface area (Å²) in [5, 5.41) is 4.51. The lowest BCUT2D eigenvalue weighted by Crippen LogP contribution is -2.33. The molecule has 2 aliphatic heterocycles. The van der Waals surface area contributed by atoms with Gasteiger partial charge in [0.15, 0.2) is 17.3 Å². The number of hydrogen-bond donors (Lipinski definition) is 1. The van der Waals surface area contributed by atoms with Crippen molar-refractivity contribution in [3.8, 4) is 11.5 Å². The molecule has 1 aromatic carbocycles. The lowest BCUT2D eigenvalue weighted by Gasteiger charge is -2.23. The van der Waals surface area contributed by atoms with E-state index in [0.29, 0.717) is 37.0 Å². The molecule has 0 aliphatic carbocycles. The molecule has 0 fully saturated rings. The summed E-state index contributed by atoms with van der Waals surface area (Å²) < 4.78 is 41.7. The average molecular weight is 392 g/mol. The van der Waals surface area contributed by atoms with E-state index in [-0.39, 0.29) is 16.9 Å². The van der Waals surface area contributed by atoms with Gasteiger partial charge in [0.1, 0.15) is 5.82 Å². The Morgan fingerprint density at radius 1 is 1.19 bits per heavy atom. The number of ether oxygens (including phenoxy) is 2. The monoisotopic (exact) mass is 392 g/mol. The van der Waals surface area contributed by atoms with Crippen molar-refractivity contribution in [2.45, 2.75) is 56.5 Å². The molecule has 3 heterocycles. The summed E-state index contributed by atoms with van der Waals surface area (Å²) in [6.07, 6.45) is 2.31. The van der Waals surface area contributed by atoms with Crippen LogP contribution in [0.25, 0.3) is 0 Å². The predicted molar refractivity (Wildman–Crippen MR) is 98.5 cm³/mol. The van der Waals surface area contributed by atoms with Gasteiger partial charge in [-0.2, -0.15) is 5.10 Å². The largest absolute Gasteiger partial charge is 0.490 e. The van der Waals surface area contributed by atoms with E-state index in [1.807, 2.05) is 18.5 Å². The Labute approximate surface area is 158 Å². The van der Waals surface area contributed by atoms with Crippen molar-refractivity contribution < 1.29 is 17.9 Å². The lowest BCUT2D eigenvalue weighted by atomic mass is 10.1. The first-order valence-electron chi connectivity index (χ1n) is 9.30. The molecule has 2 aliphatic rings. The fourth-order valence-electron chi connectivity index (χ4n) is 3.29. The number of hydrogen-bond acceptors (Lipinski definition) is 6. The highest BCUT2D eigenvalue weighted by Crippen LogP contribution is 2.33. The van der Waals surface area contributed by atoms with Crippen LogP contribution in [0, 0.1) is 0 Å². The van der Waals surface area contributed by atoms with E-state index in [9.17, 15) is 8.42 Å². The van der Waals surface area contributed by atoms with E-state index < -0.39 is 10.0 Å². The molecule has 1 aromatic heterocycles. The number of fused-ring (bicyclic) bond motifs is 2.